The molecule has 6 nitrogen and oxygen atoms in total. The van der Waals surface area contributed by atoms with E-state index in [1.54, 1.807) is 19.9 Å². The molecule has 17 heavy (non-hydrogen) atoms. The molecular formula is C11H15NO5. The van der Waals surface area contributed by atoms with E-state index < -0.39 is 11.2 Å². The first kappa shape index (κ1) is 13.4. The number of hydrogen-bond acceptors (Lipinski definition) is 5. The summed E-state index contributed by atoms with van der Waals surface area (Å²) in [5.41, 5.74) is -0.185. The van der Waals surface area contributed by atoms with Gasteiger partial charge in [-0.1, -0.05) is 12.7 Å². The molecule has 1 fully saturated rings. The summed E-state index contributed by atoms with van der Waals surface area (Å²) in [6.07, 6.45) is 3.57. The summed E-state index contributed by atoms with van der Waals surface area (Å²) < 4.78 is 15.6. The van der Waals surface area contributed by atoms with Gasteiger partial charge in [-0.2, -0.15) is 0 Å². The second-order valence-electron chi connectivity index (χ2n) is 3.29. The Morgan fingerprint density at radius 3 is 2.65 bits per heavy atom. The van der Waals surface area contributed by atoms with Crippen LogP contribution in [0.4, 0.5) is 0 Å². The molecule has 1 saturated heterocycles. The molecule has 1 heterocycles. The number of nitro groups is 1. The molecule has 0 saturated carbocycles. The molecule has 0 radical (unpaired) electrons. The second-order valence-corrected chi connectivity index (χ2v) is 3.29. The molecule has 1 rings (SSSR count). The SMILES string of the molecule is C=C/C(=C(\C=C/C)OCC1OC(C)O1)[N+](=O)[O-]. The van der Waals surface area contributed by atoms with Crippen LogP contribution in [-0.4, -0.2) is 24.1 Å². The summed E-state index contributed by atoms with van der Waals surface area (Å²) in [7, 11) is 0. The molecule has 0 atom stereocenters. The van der Waals surface area contributed by atoms with Crippen molar-refractivity contribution in [1.29, 1.82) is 0 Å². The van der Waals surface area contributed by atoms with Crippen LogP contribution in [0.2, 0.25) is 0 Å². The van der Waals surface area contributed by atoms with Crippen LogP contribution in [0.1, 0.15) is 13.8 Å². The topological polar surface area (TPSA) is 70.8 Å². The number of ether oxygens (including phenoxy) is 3. The van der Waals surface area contributed by atoms with E-state index in [-0.39, 0.29) is 24.4 Å². The minimum atomic E-state index is -0.548. The van der Waals surface area contributed by atoms with Crippen LogP contribution in [0.5, 0.6) is 0 Å². The highest BCUT2D eigenvalue weighted by Gasteiger charge is 2.28. The van der Waals surface area contributed by atoms with E-state index in [9.17, 15) is 10.1 Å². The molecule has 0 aromatic carbocycles. The summed E-state index contributed by atoms with van der Waals surface area (Å²) >= 11 is 0. The standard InChI is InChI=1S/C11H15NO5/c1-4-6-10(9(5-2)12(13)14)15-7-11-16-8(3)17-11/h4-6,8,11H,2,7H2,1,3H3/b6-4-,10-9-. The predicted molar refractivity (Wildman–Crippen MR) is 60.4 cm³/mol. The van der Waals surface area contributed by atoms with Crippen LogP contribution in [0, 0.1) is 10.1 Å². The quantitative estimate of drug-likeness (QED) is 0.308. The van der Waals surface area contributed by atoms with Crippen LogP contribution in [0.15, 0.2) is 36.3 Å². The fourth-order valence-electron chi connectivity index (χ4n) is 1.30. The summed E-state index contributed by atoms with van der Waals surface area (Å²) in [6.45, 7) is 6.98. The fourth-order valence-corrected chi connectivity index (χ4v) is 1.30. The van der Waals surface area contributed by atoms with E-state index in [0.717, 1.165) is 6.08 Å². The Morgan fingerprint density at radius 2 is 2.24 bits per heavy atom. The molecule has 0 unspecified atom stereocenters. The molecule has 1 aliphatic heterocycles. The van der Waals surface area contributed by atoms with Crippen molar-refractivity contribution in [3.8, 4) is 0 Å². The Hall–Kier alpha value is -1.66. The third-order valence-corrected chi connectivity index (χ3v) is 2.02. The first-order valence-electron chi connectivity index (χ1n) is 5.16. The Balaban J connectivity index is 2.65. The number of rotatable bonds is 6. The van der Waals surface area contributed by atoms with Gasteiger partial charge in [0.05, 0.1) is 4.92 Å². The smallest absolute Gasteiger partial charge is 0.310 e. The summed E-state index contributed by atoms with van der Waals surface area (Å²) in [6, 6.07) is 0. The molecular weight excluding hydrogens is 226 g/mol. The summed E-state index contributed by atoms with van der Waals surface area (Å²) in [5.74, 6) is 0.138. The maximum absolute atomic E-state index is 10.7. The minimum absolute atomic E-state index is 0.106. The molecule has 0 aromatic heterocycles. The van der Waals surface area contributed by atoms with E-state index in [2.05, 4.69) is 6.58 Å². The second kappa shape index (κ2) is 6.17. The lowest BCUT2D eigenvalue weighted by Crippen LogP contribution is -2.41. The van der Waals surface area contributed by atoms with E-state index in [1.807, 2.05) is 0 Å². The van der Waals surface area contributed by atoms with E-state index >= 15 is 0 Å². The molecule has 0 bridgehead atoms. The van der Waals surface area contributed by atoms with Gasteiger partial charge in [0.2, 0.25) is 0 Å². The summed E-state index contributed by atoms with van der Waals surface area (Å²) in [4.78, 5) is 10.2. The van der Waals surface area contributed by atoms with Crippen molar-refractivity contribution in [3.63, 3.8) is 0 Å². The van der Waals surface area contributed by atoms with Gasteiger partial charge < -0.3 is 14.2 Å². The van der Waals surface area contributed by atoms with Crippen LogP contribution < -0.4 is 0 Å². The van der Waals surface area contributed by atoms with E-state index in [1.165, 1.54) is 6.08 Å². The van der Waals surface area contributed by atoms with Crippen LogP contribution in [-0.2, 0) is 14.2 Å². The predicted octanol–water partition coefficient (Wildman–Crippen LogP) is 1.97. The number of allylic oxidation sites excluding steroid dienone is 3. The highest BCUT2D eigenvalue weighted by atomic mass is 16.9. The van der Waals surface area contributed by atoms with Crippen molar-refractivity contribution in [2.75, 3.05) is 6.61 Å². The Morgan fingerprint density at radius 1 is 1.59 bits per heavy atom. The zero-order valence-electron chi connectivity index (χ0n) is 9.79. The van der Waals surface area contributed by atoms with Gasteiger partial charge in [-0.05, 0) is 19.9 Å². The Kier molecular flexibility index (Phi) is 4.86. The largest absolute Gasteiger partial charge is 0.481 e. The van der Waals surface area contributed by atoms with Crippen LogP contribution in [0.3, 0.4) is 0 Å². The first-order chi connectivity index (χ1) is 8.08. The average Bonchev–Trinajstić information content (AvgIpc) is 2.23. The van der Waals surface area contributed by atoms with Gasteiger partial charge in [0.25, 0.3) is 0 Å². The highest BCUT2D eigenvalue weighted by Crippen LogP contribution is 2.18. The lowest BCUT2D eigenvalue weighted by molar-refractivity contribution is -0.422. The van der Waals surface area contributed by atoms with E-state index in [4.69, 9.17) is 14.2 Å². The average molecular weight is 241 g/mol. The molecule has 0 aliphatic carbocycles. The third kappa shape index (κ3) is 3.69. The van der Waals surface area contributed by atoms with Gasteiger partial charge in [0, 0.05) is 6.08 Å². The molecule has 1 aliphatic rings. The van der Waals surface area contributed by atoms with Crippen molar-refractivity contribution in [3.05, 3.63) is 46.4 Å². The first-order valence-corrected chi connectivity index (χ1v) is 5.16. The lowest BCUT2D eigenvalue weighted by atomic mass is 10.3. The zero-order valence-corrected chi connectivity index (χ0v) is 9.79. The monoisotopic (exact) mass is 241 g/mol. The molecule has 6 heteroatoms. The minimum Gasteiger partial charge on any atom is -0.481 e. The maximum atomic E-state index is 10.7. The van der Waals surface area contributed by atoms with Gasteiger partial charge in [-0.3, -0.25) is 10.1 Å². The Labute approximate surface area is 99.3 Å². The van der Waals surface area contributed by atoms with Crippen molar-refractivity contribution in [2.24, 2.45) is 0 Å². The van der Waals surface area contributed by atoms with Crippen LogP contribution in [0.25, 0.3) is 0 Å². The van der Waals surface area contributed by atoms with Crippen molar-refractivity contribution < 1.29 is 19.1 Å². The van der Waals surface area contributed by atoms with Gasteiger partial charge in [-0.15, -0.1) is 0 Å². The van der Waals surface area contributed by atoms with Crippen molar-refractivity contribution in [2.45, 2.75) is 26.4 Å². The van der Waals surface area contributed by atoms with Gasteiger partial charge >= 0.3 is 5.70 Å². The highest BCUT2D eigenvalue weighted by molar-refractivity contribution is 5.22. The molecule has 0 spiro atoms. The van der Waals surface area contributed by atoms with E-state index in [0.29, 0.717) is 0 Å². The number of nitrogens with zero attached hydrogens (tertiary/aromatic N) is 1. The number of hydrogen-bond donors (Lipinski definition) is 0. The molecule has 0 amide bonds. The fraction of sp³-hybridized carbons (Fsp3) is 0.455. The van der Waals surface area contributed by atoms with Gasteiger partial charge in [-0.25, -0.2) is 0 Å². The van der Waals surface area contributed by atoms with Crippen LogP contribution >= 0.6 is 0 Å². The summed E-state index contributed by atoms with van der Waals surface area (Å²) in [5, 5.41) is 10.7. The molecule has 94 valence electrons. The van der Waals surface area contributed by atoms with Crippen molar-refractivity contribution in [1.82, 2.24) is 0 Å². The third-order valence-electron chi connectivity index (χ3n) is 2.02. The Bertz CT molecular complexity index is 355. The molecule has 0 aromatic rings. The van der Waals surface area contributed by atoms with Crippen molar-refractivity contribution >= 4 is 0 Å². The zero-order chi connectivity index (χ0) is 12.8. The van der Waals surface area contributed by atoms with Gasteiger partial charge in [0.15, 0.2) is 18.3 Å². The lowest BCUT2D eigenvalue weighted by Gasteiger charge is -2.33. The molecule has 0 N–H and O–H groups in total. The normalized spacial score (nSPS) is 25.1. The van der Waals surface area contributed by atoms with Gasteiger partial charge in [0.1, 0.15) is 6.61 Å². The maximum Gasteiger partial charge on any atom is 0.310 e.